The van der Waals surface area contributed by atoms with Crippen LogP contribution in [0.3, 0.4) is 0 Å². The number of hydrogen-bond acceptors (Lipinski definition) is 3. The molecule has 0 saturated carbocycles. The number of benzene rings is 1. The average Bonchev–Trinajstić information content (AvgIpc) is 3.00. The molecule has 1 aromatic heterocycles. The predicted molar refractivity (Wildman–Crippen MR) is 90.4 cm³/mol. The second-order valence-corrected chi connectivity index (χ2v) is 6.36. The van der Waals surface area contributed by atoms with E-state index in [4.69, 9.17) is 0 Å². The summed E-state index contributed by atoms with van der Waals surface area (Å²) in [6.07, 6.45) is 3.81. The Bertz CT molecular complexity index is 764. The summed E-state index contributed by atoms with van der Waals surface area (Å²) in [5, 5.41) is 3.38. The molecule has 6 heteroatoms. The van der Waals surface area contributed by atoms with Crippen molar-refractivity contribution < 1.29 is 4.79 Å². The number of halogens is 1. The molecule has 0 aliphatic carbocycles. The second-order valence-electron chi connectivity index (χ2n) is 4.48. The first-order valence-electron chi connectivity index (χ1n) is 6.29. The van der Waals surface area contributed by atoms with Crippen LogP contribution in [0.4, 0.5) is 5.69 Å². The fraction of sp³-hybridized carbons (Fsp3) is 0.0667. The summed E-state index contributed by atoms with van der Waals surface area (Å²) in [6.45, 7) is 0. The molecule has 0 radical (unpaired) electrons. The molecule has 0 atom stereocenters. The molecule has 0 unspecified atom stereocenters. The summed E-state index contributed by atoms with van der Waals surface area (Å²) in [6, 6.07) is 11.6. The highest BCUT2D eigenvalue weighted by atomic mass is 79.9. The van der Waals surface area contributed by atoms with Gasteiger partial charge in [0.15, 0.2) is 5.17 Å². The number of aliphatic imine (C=N–C) groups is 1. The fourth-order valence-electron chi connectivity index (χ4n) is 1.89. The van der Waals surface area contributed by atoms with Gasteiger partial charge in [0.1, 0.15) is 0 Å². The van der Waals surface area contributed by atoms with E-state index in [0.717, 1.165) is 15.9 Å². The van der Waals surface area contributed by atoms with E-state index < -0.39 is 0 Å². The quantitative estimate of drug-likeness (QED) is 0.829. The fourth-order valence-corrected chi connectivity index (χ4v) is 3.08. The summed E-state index contributed by atoms with van der Waals surface area (Å²) in [7, 11) is 1.94. The second kappa shape index (κ2) is 5.91. The van der Waals surface area contributed by atoms with Crippen LogP contribution in [-0.4, -0.2) is 15.6 Å². The minimum Gasteiger partial charge on any atom is -0.351 e. The van der Waals surface area contributed by atoms with E-state index in [1.165, 1.54) is 11.8 Å². The minimum atomic E-state index is -0.119. The normalized spacial score (nSPS) is 18.5. The van der Waals surface area contributed by atoms with Crippen LogP contribution >= 0.6 is 27.7 Å². The molecule has 2 heterocycles. The van der Waals surface area contributed by atoms with Gasteiger partial charge in [-0.3, -0.25) is 4.79 Å². The van der Waals surface area contributed by atoms with Crippen LogP contribution < -0.4 is 5.32 Å². The zero-order chi connectivity index (χ0) is 14.8. The lowest BCUT2D eigenvalue weighted by molar-refractivity contribution is -0.115. The molecule has 1 N–H and O–H groups in total. The Morgan fingerprint density at radius 1 is 1.29 bits per heavy atom. The molecule has 1 aliphatic heterocycles. The summed E-state index contributed by atoms with van der Waals surface area (Å²) < 4.78 is 2.86. The van der Waals surface area contributed by atoms with Gasteiger partial charge in [0.25, 0.3) is 5.91 Å². The smallest absolute Gasteiger partial charge is 0.264 e. The van der Waals surface area contributed by atoms with Crippen LogP contribution in [0.5, 0.6) is 0 Å². The number of aryl methyl sites for hydroxylation is 1. The van der Waals surface area contributed by atoms with Crippen molar-refractivity contribution in [2.45, 2.75) is 0 Å². The van der Waals surface area contributed by atoms with Gasteiger partial charge < -0.3 is 9.88 Å². The first-order chi connectivity index (χ1) is 10.1. The predicted octanol–water partition coefficient (Wildman–Crippen LogP) is 3.68. The Morgan fingerprint density at radius 3 is 2.81 bits per heavy atom. The van der Waals surface area contributed by atoms with Crippen molar-refractivity contribution in [2.75, 3.05) is 0 Å². The topological polar surface area (TPSA) is 46.4 Å². The van der Waals surface area contributed by atoms with E-state index in [9.17, 15) is 4.79 Å². The van der Waals surface area contributed by atoms with E-state index in [1.807, 2.05) is 60.3 Å². The van der Waals surface area contributed by atoms with Gasteiger partial charge in [0.05, 0.1) is 10.6 Å². The third kappa shape index (κ3) is 3.11. The third-order valence-electron chi connectivity index (χ3n) is 2.99. The number of carbonyl (C=O) groups excluding carboxylic acids is 1. The van der Waals surface area contributed by atoms with Gasteiger partial charge in [-0.2, -0.15) is 0 Å². The average molecular weight is 362 g/mol. The molecule has 3 rings (SSSR count). The van der Waals surface area contributed by atoms with Crippen LogP contribution in [0.25, 0.3) is 6.08 Å². The number of amidine groups is 1. The highest BCUT2D eigenvalue weighted by Crippen LogP contribution is 2.30. The van der Waals surface area contributed by atoms with Gasteiger partial charge in [0, 0.05) is 23.4 Å². The molecule has 1 fully saturated rings. The Morgan fingerprint density at radius 2 is 2.10 bits per heavy atom. The Balaban J connectivity index is 1.87. The summed E-state index contributed by atoms with van der Waals surface area (Å²) in [5.74, 6) is -0.119. The van der Waals surface area contributed by atoms with E-state index in [1.54, 1.807) is 0 Å². The van der Waals surface area contributed by atoms with Crippen LogP contribution in [-0.2, 0) is 11.8 Å². The number of thioether (sulfide) groups is 1. The number of amides is 1. The van der Waals surface area contributed by atoms with Gasteiger partial charge in [-0.25, -0.2) is 4.99 Å². The lowest BCUT2D eigenvalue weighted by Crippen LogP contribution is -2.19. The van der Waals surface area contributed by atoms with E-state index in [-0.39, 0.29) is 5.91 Å². The maximum absolute atomic E-state index is 12.0. The van der Waals surface area contributed by atoms with Gasteiger partial charge in [-0.05, 0) is 58.0 Å². The molecule has 4 nitrogen and oxygen atoms in total. The number of rotatable bonds is 2. The molecule has 1 aliphatic rings. The first-order valence-corrected chi connectivity index (χ1v) is 7.90. The molecule has 1 saturated heterocycles. The van der Waals surface area contributed by atoms with Crippen molar-refractivity contribution in [3.8, 4) is 0 Å². The van der Waals surface area contributed by atoms with Crippen molar-refractivity contribution in [1.29, 1.82) is 0 Å². The number of nitrogens with one attached hydrogen (secondary N) is 1. The van der Waals surface area contributed by atoms with Crippen LogP contribution in [0.15, 0.2) is 57.0 Å². The van der Waals surface area contributed by atoms with Crippen molar-refractivity contribution >= 4 is 50.5 Å². The number of hydrogen-bond donors (Lipinski definition) is 1. The zero-order valence-electron chi connectivity index (χ0n) is 11.2. The summed E-state index contributed by atoms with van der Waals surface area (Å²) in [4.78, 5) is 17.1. The first kappa shape index (κ1) is 14.2. The van der Waals surface area contributed by atoms with Crippen molar-refractivity contribution in [1.82, 2.24) is 9.88 Å². The molecule has 1 amide bonds. The van der Waals surface area contributed by atoms with Crippen molar-refractivity contribution in [3.63, 3.8) is 0 Å². The number of carbonyl (C=O) groups is 1. The van der Waals surface area contributed by atoms with E-state index in [0.29, 0.717) is 10.1 Å². The van der Waals surface area contributed by atoms with Gasteiger partial charge >= 0.3 is 0 Å². The third-order valence-corrected chi connectivity index (χ3v) is 4.57. The SMILES string of the molecule is Cn1cccc1C=C1SC(=Nc2ccccc2Br)NC1=O. The minimum absolute atomic E-state index is 0.119. The van der Waals surface area contributed by atoms with Crippen LogP contribution in [0, 0.1) is 0 Å². The maximum atomic E-state index is 12.0. The maximum Gasteiger partial charge on any atom is 0.264 e. The van der Waals surface area contributed by atoms with Crippen molar-refractivity contribution in [2.24, 2.45) is 12.0 Å². The molecule has 21 heavy (non-hydrogen) atoms. The monoisotopic (exact) mass is 361 g/mol. The number of para-hydroxylation sites is 1. The lowest BCUT2D eigenvalue weighted by Gasteiger charge is -1.98. The molecule has 2 aromatic rings. The molecular weight excluding hydrogens is 350 g/mol. The zero-order valence-corrected chi connectivity index (χ0v) is 13.6. The lowest BCUT2D eigenvalue weighted by atomic mass is 10.3. The Hall–Kier alpha value is -1.79. The Labute approximate surface area is 135 Å². The standard InChI is InChI=1S/C15H12BrN3OS/c1-19-8-4-5-10(19)9-13-14(20)18-15(21-13)17-12-7-3-2-6-11(12)16/h2-9H,1H3,(H,17,18,20). The number of nitrogens with zero attached hydrogens (tertiary/aromatic N) is 2. The van der Waals surface area contributed by atoms with Gasteiger partial charge in [0.2, 0.25) is 0 Å². The number of aromatic nitrogens is 1. The molecule has 0 bridgehead atoms. The largest absolute Gasteiger partial charge is 0.351 e. The van der Waals surface area contributed by atoms with Crippen LogP contribution in [0.1, 0.15) is 5.69 Å². The molecule has 1 aromatic carbocycles. The molecular formula is C15H12BrN3OS. The Kier molecular flexibility index (Phi) is 3.98. The van der Waals surface area contributed by atoms with E-state index >= 15 is 0 Å². The summed E-state index contributed by atoms with van der Waals surface area (Å²) in [5.41, 5.74) is 1.77. The van der Waals surface area contributed by atoms with Gasteiger partial charge in [-0.15, -0.1) is 0 Å². The van der Waals surface area contributed by atoms with Crippen LogP contribution in [0.2, 0.25) is 0 Å². The molecule has 106 valence electrons. The molecule has 0 spiro atoms. The van der Waals surface area contributed by atoms with E-state index in [2.05, 4.69) is 26.2 Å². The highest BCUT2D eigenvalue weighted by molar-refractivity contribution is 9.10. The highest BCUT2D eigenvalue weighted by Gasteiger charge is 2.24. The van der Waals surface area contributed by atoms with Crippen molar-refractivity contribution in [3.05, 3.63) is 57.7 Å². The van der Waals surface area contributed by atoms with Gasteiger partial charge in [-0.1, -0.05) is 12.1 Å². The summed E-state index contributed by atoms with van der Waals surface area (Å²) >= 11 is 4.79.